The molecule has 0 radical (unpaired) electrons. The van der Waals surface area contributed by atoms with Gasteiger partial charge in [0.1, 0.15) is 17.1 Å². The predicted molar refractivity (Wildman–Crippen MR) is 72.2 cm³/mol. The molecule has 0 unspecified atom stereocenters. The van der Waals surface area contributed by atoms with Gasteiger partial charge in [0.05, 0.1) is 18.8 Å². The number of carbonyl (C=O) groups excluding carboxylic acids is 1. The molecule has 0 aliphatic carbocycles. The van der Waals surface area contributed by atoms with Crippen molar-refractivity contribution >= 4 is 21.9 Å². The molecule has 1 aliphatic heterocycles. The van der Waals surface area contributed by atoms with Gasteiger partial charge in [-0.25, -0.2) is 13.2 Å². The van der Waals surface area contributed by atoms with E-state index in [0.717, 1.165) is 4.31 Å². The fourth-order valence-electron chi connectivity index (χ4n) is 2.11. The van der Waals surface area contributed by atoms with Crippen LogP contribution in [0.3, 0.4) is 0 Å². The van der Waals surface area contributed by atoms with Crippen molar-refractivity contribution in [2.24, 2.45) is 0 Å². The van der Waals surface area contributed by atoms with Gasteiger partial charge >= 0.3 is 5.97 Å². The first kappa shape index (κ1) is 15.5. The third-order valence-corrected chi connectivity index (χ3v) is 5.09. The number of carboxylic acid groups (broad SMARTS) is 1. The molecule has 1 aromatic heterocycles. The highest BCUT2D eigenvalue weighted by Crippen LogP contribution is 2.15. The van der Waals surface area contributed by atoms with E-state index in [1.807, 2.05) is 0 Å². The number of furan rings is 1. The summed E-state index contributed by atoms with van der Waals surface area (Å²) in [5.74, 6) is -0.917. The molecule has 1 fully saturated rings. The van der Waals surface area contributed by atoms with Crippen LogP contribution in [-0.2, 0) is 21.4 Å². The number of carbonyl (C=O) groups is 2. The summed E-state index contributed by atoms with van der Waals surface area (Å²) in [6, 6.07) is 1.34. The van der Waals surface area contributed by atoms with Gasteiger partial charge in [-0.15, -0.1) is 0 Å². The number of carboxylic acids is 1. The standard InChI is InChI=1S/C12H16N2O6S/c1-8-10(12(16)17)5-9(20-8)6-13-11(15)7-14-3-2-4-21(14,18)19/h5H,2-4,6-7H2,1H3,(H,13,15)(H,16,17). The smallest absolute Gasteiger partial charge is 0.339 e. The zero-order valence-electron chi connectivity index (χ0n) is 11.5. The van der Waals surface area contributed by atoms with Crippen molar-refractivity contribution in [1.29, 1.82) is 0 Å². The Morgan fingerprint density at radius 2 is 2.19 bits per heavy atom. The molecule has 2 N–H and O–H groups in total. The highest BCUT2D eigenvalue weighted by Gasteiger charge is 2.29. The van der Waals surface area contributed by atoms with Crippen LogP contribution in [-0.4, -0.2) is 48.5 Å². The zero-order valence-corrected chi connectivity index (χ0v) is 12.3. The third-order valence-electron chi connectivity index (χ3n) is 3.18. The summed E-state index contributed by atoms with van der Waals surface area (Å²) in [4.78, 5) is 22.6. The lowest BCUT2D eigenvalue weighted by Gasteiger charge is -2.13. The van der Waals surface area contributed by atoms with E-state index in [1.54, 1.807) is 0 Å². The molecule has 0 spiro atoms. The Morgan fingerprint density at radius 3 is 2.71 bits per heavy atom. The average molecular weight is 316 g/mol. The minimum absolute atomic E-state index is 0.0147. The summed E-state index contributed by atoms with van der Waals surface area (Å²) in [5, 5.41) is 11.4. The maximum Gasteiger partial charge on any atom is 0.339 e. The number of sulfonamides is 1. The second kappa shape index (κ2) is 5.86. The molecular formula is C12H16N2O6S. The number of nitrogens with one attached hydrogen (secondary N) is 1. The minimum Gasteiger partial charge on any atom is -0.478 e. The fourth-order valence-corrected chi connectivity index (χ4v) is 3.59. The number of hydrogen-bond acceptors (Lipinski definition) is 5. The summed E-state index contributed by atoms with van der Waals surface area (Å²) in [7, 11) is -3.31. The molecular weight excluding hydrogens is 300 g/mol. The molecule has 1 amide bonds. The monoisotopic (exact) mass is 316 g/mol. The first-order valence-electron chi connectivity index (χ1n) is 6.37. The van der Waals surface area contributed by atoms with Crippen LogP contribution in [0.25, 0.3) is 0 Å². The molecule has 9 heteroatoms. The van der Waals surface area contributed by atoms with Crippen molar-refractivity contribution in [3.05, 3.63) is 23.2 Å². The van der Waals surface area contributed by atoms with E-state index in [0.29, 0.717) is 18.7 Å². The number of hydrogen-bond donors (Lipinski definition) is 2. The molecule has 0 aromatic carbocycles. The molecule has 2 heterocycles. The quantitative estimate of drug-likeness (QED) is 0.786. The van der Waals surface area contributed by atoms with E-state index in [4.69, 9.17) is 9.52 Å². The van der Waals surface area contributed by atoms with Crippen LogP contribution < -0.4 is 5.32 Å². The highest BCUT2D eigenvalue weighted by molar-refractivity contribution is 7.89. The molecule has 0 atom stereocenters. The van der Waals surface area contributed by atoms with Gasteiger partial charge in [0.15, 0.2) is 0 Å². The Hall–Kier alpha value is -1.87. The summed E-state index contributed by atoms with van der Waals surface area (Å²) in [5.41, 5.74) is 0.0429. The lowest BCUT2D eigenvalue weighted by molar-refractivity contribution is -0.121. The van der Waals surface area contributed by atoms with Gasteiger partial charge in [-0.05, 0) is 19.4 Å². The van der Waals surface area contributed by atoms with Crippen LogP contribution in [0.1, 0.15) is 28.3 Å². The lowest BCUT2D eigenvalue weighted by Crippen LogP contribution is -2.37. The van der Waals surface area contributed by atoms with Gasteiger partial charge in [0.2, 0.25) is 15.9 Å². The van der Waals surface area contributed by atoms with Crippen LogP contribution in [0, 0.1) is 6.92 Å². The molecule has 1 saturated heterocycles. The van der Waals surface area contributed by atoms with Gasteiger partial charge in [-0.2, -0.15) is 4.31 Å². The molecule has 21 heavy (non-hydrogen) atoms. The van der Waals surface area contributed by atoms with Crippen LogP contribution in [0.2, 0.25) is 0 Å². The van der Waals surface area contributed by atoms with Gasteiger partial charge in [-0.1, -0.05) is 0 Å². The SMILES string of the molecule is Cc1oc(CNC(=O)CN2CCCS2(=O)=O)cc1C(=O)O. The zero-order chi connectivity index (χ0) is 15.6. The number of rotatable bonds is 5. The molecule has 0 saturated carbocycles. The Balaban J connectivity index is 1.90. The summed E-state index contributed by atoms with van der Waals surface area (Å²) >= 11 is 0. The van der Waals surface area contributed by atoms with Gasteiger partial charge in [0.25, 0.3) is 0 Å². The fraction of sp³-hybridized carbons (Fsp3) is 0.500. The predicted octanol–water partition coefficient (Wildman–Crippen LogP) is -0.0621. The third kappa shape index (κ3) is 3.61. The first-order chi connectivity index (χ1) is 9.79. The Morgan fingerprint density at radius 1 is 1.48 bits per heavy atom. The van der Waals surface area contributed by atoms with E-state index in [1.165, 1.54) is 13.0 Å². The van der Waals surface area contributed by atoms with E-state index < -0.39 is 21.9 Å². The summed E-state index contributed by atoms with van der Waals surface area (Å²) in [6.07, 6.45) is 0.523. The largest absolute Gasteiger partial charge is 0.478 e. The first-order valence-corrected chi connectivity index (χ1v) is 7.97. The average Bonchev–Trinajstić information content (AvgIpc) is 2.90. The van der Waals surface area contributed by atoms with E-state index in [2.05, 4.69) is 5.32 Å². The van der Waals surface area contributed by atoms with Crippen molar-refractivity contribution in [2.75, 3.05) is 18.8 Å². The number of aryl methyl sites for hydroxylation is 1. The Labute approximate surface area is 121 Å². The van der Waals surface area contributed by atoms with E-state index in [-0.39, 0.29) is 30.2 Å². The maximum absolute atomic E-state index is 11.7. The number of aromatic carboxylic acids is 1. The molecule has 116 valence electrons. The van der Waals surface area contributed by atoms with E-state index in [9.17, 15) is 18.0 Å². The second-order valence-electron chi connectivity index (χ2n) is 4.77. The summed E-state index contributed by atoms with van der Waals surface area (Å²) in [6.45, 7) is 1.65. The van der Waals surface area contributed by atoms with E-state index >= 15 is 0 Å². The van der Waals surface area contributed by atoms with Crippen LogP contribution in [0.15, 0.2) is 10.5 Å². The molecule has 2 rings (SSSR count). The molecule has 8 nitrogen and oxygen atoms in total. The van der Waals surface area contributed by atoms with Crippen LogP contribution in [0.5, 0.6) is 0 Å². The van der Waals surface area contributed by atoms with Crippen molar-refractivity contribution in [2.45, 2.75) is 19.9 Å². The highest BCUT2D eigenvalue weighted by atomic mass is 32.2. The van der Waals surface area contributed by atoms with Crippen molar-refractivity contribution < 1.29 is 27.5 Å². The topological polar surface area (TPSA) is 117 Å². The number of nitrogens with zero attached hydrogens (tertiary/aromatic N) is 1. The van der Waals surface area contributed by atoms with Gasteiger partial charge in [-0.3, -0.25) is 4.79 Å². The van der Waals surface area contributed by atoms with Crippen LogP contribution >= 0.6 is 0 Å². The van der Waals surface area contributed by atoms with Gasteiger partial charge < -0.3 is 14.8 Å². The molecule has 1 aliphatic rings. The Bertz CT molecular complexity index is 663. The number of amides is 1. The normalized spacial score (nSPS) is 17.8. The van der Waals surface area contributed by atoms with Crippen molar-refractivity contribution in [3.8, 4) is 0 Å². The van der Waals surface area contributed by atoms with Crippen molar-refractivity contribution in [3.63, 3.8) is 0 Å². The van der Waals surface area contributed by atoms with Gasteiger partial charge in [0, 0.05) is 6.54 Å². The Kier molecular flexibility index (Phi) is 4.33. The molecule has 0 bridgehead atoms. The maximum atomic E-state index is 11.7. The second-order valence-corrected chi connectivity index (χ2v) is 6.86. The van der Waals surface area contributed by atoms with Crippen molar-refractivity contribution in [1.82, 2.24) is 9.62 Å². The molecule has 1 aromatic rings. The lowest BCUT2D eigenvalue weighted by atomic mass is 10.2. The van der Waals surface area contributed by atoms with Crippen LogP contribution in [0.4, 0.5) is 0 Å². The summed E-state index contributed by atoms with van der Waals surface area (Å²) < 4.78 is 29.5. The minimum atomic E-state index is -3.31.